The lowest BCUT2D eigenvalue weighted by molar-refractivity contribution is 0.101. The third kappa shape index (κ3) is 3.62. The van der Waals surface area contributed by atoms with Gasteiger partial charge in [-0.05, 0) is 43.3 Å². The Hall–Kier alpha value is -3.06. The average Bonchev–Trinajstić information content (AvgIpc) is 3.03. The topological polar surface area (TPSA) is 95.1 Å². The van der Waals surface area contributed by atoms with Crippen molar-refractivity contribution in [3.8, 4) is 16.9 Å². The van der Waals surface area contributed by atoms with Gasteiger partial charge in [0.05, 0.1) is 6.61 Å². The molecule has 0 radical (unpaired) electrons. The molecule has 1 aromatic carbocycles. The Labute approximate surface area is 155 Å². The Kier molecular flexibility index (Phi) is 5.09. The van der Waals surface area contributed by atoms with Crippen molar-refractivity contribution in [2.45, 2.75) is 6.92 Å². The molecule has 1 amide bonds. The molecule has 8 heteroatoms. The Bertz CT molecular complexity index is 955. The molecule has 3 aromatic rings. The van der Waals surface area contributed by atoms with Crippen LogP contribution in [0.4, 0.5) is 11.6 Å². The monoisotopic (exact) mass is 371 g/mol. The van der Waals surface area contributed by atoms with Crippen LogP contribution in [0.5, 0.6) is 5.75 Å². The van der Waals surface area contributed by atoms with E-state index in [1.54, 1.807) is 43.6 Å². The fourth-order valence-electron chi connectivity index (χ4n) is 2.52. The van der Waals surface area contributed by atoms with Gasteiger partial charge in [0, 0.05) is 29.4 Å². The van der Waals surface area contributed by atoms with Gasteiger partial charge in [-0.3, -0.25) is 9.48 Å². The first-order valence-corrected chi connectivity index (χ1v) is 8.36. The molecule has 0 atom stereocenters. The zero-order chi connectivity index (χ0) is 18.7. The number of anilines is 2. The number of nitrogens with zero attached hydrogens (tertiary/aromatic N) is 3. The van der Waals surface area contributed by atoms with Crippen LogP contribution in [0.1, 0.15) is 17.4 Å². The highest BCUT2D eigenvalue weighted by molar-refractivity contribution is 6.33. The van der Waals surface area contributed by atoms with Crippen LogP contribution >= 0.6 is 11.6 Å². The Morgan fingerprint density at radius 3 is 2.73 bits per heavy atom. The largest absolute Gasteiger partial charge is 0.494 e. The van der Waals surface area contributed by atoms with E-state index in [2.05, 4.69) is 15.4 Å². The first kappa shape index (κ1) is 17.8. The molecule has 2 heterocycles. The summed E-state index contributed by atoms with van der Waals surface area (Å²) in [7, 11) is 1.69. The smallest absolute Gasteiger partial charge is 0.275 e. The van der Waals surface area contributed by atoms with Crippen LogP contribution in [0.15, 0.2) is 42.6 Å². The summed E-state index contributed by atoms with van der Waals surface area (Å²) in [6, 6.07) is 10.4. The van der Waals surface area contributed by atoms with Crippen LogP contribution < -0.4 is 15.8 Å². The summed E-state index contributed by atoms with van der Waals surface area (Å²) < 4.78 is 6.98. The molecular weight excluding hydrogens is 354 g/mol. The quantitative estimate of drug-likeness (QED) is 0.717. The van der Waals surface area contributed by atoms with Crippen LogP contribution in [0.2, 0.25) is 5.02 Å². The van der Waals surface area contributed by atoms with E-state index in [0.29, 0.717) is 40.0 Å². The van der Waals surface area contributed by atoms with E-state index in [4.69, 9.17) is 22.1 Å². The van der Waals surface area contributed by atoms with E-state index in [1.165, 1.54) is 4.68 Å². The highest BCUT2D eigenvalue weighted by Gasteiger charge is 2.14. The Morgan fingerprint density at radius 2 is 2.08 bits per heavy atom. The van der Waals surface area contributed by atoms with E-state index >= 15 is 0 Å². The number of carbonyl (C=O) groups excluding carboxylic acids is 1. The number of pyridine rings is 1. The molecule has 0 aliphatic heterocycles. The lowest BCUT2D eigenvalue weighted by Gasteiger charge is -2.12. The van der Waals surface area contributed by atoms with E-state index in [9.17, 15) is 4.79 Å². The summed E-state index contributed by atoms with van der Waals surface area (Å²) in [4.78, 5) is 16.5. The predicted octanol–water partition coefficient (Wildman–Crippen LogP) is 3.37. The van der Waals surface area contributed by atoms with Crippen molar-refractivity contribution in [3.05, 3.63) is 53.3 Å². The SMILES string of the molecule is CCOc1ccc(Cl)c(-c2ccc(NC(=O)c3ccnn3C)nc2N)c1. The summed E-state index contributed by atoms with van der Waals surface area (Å²) in [5.41, 5.74) is 7.89. The van der Waals surface area contributed by atoms with Gasteiger partial charge in [-0.15, -0.1) is 0 Å². The van der Waals surface area contributed by atoms with Gasteiger partial charge in [0.15, 0.2) is 0 Å². The van der Waals surface area contributed by atoms with Crippen LogP contribution in [0, 0.1) is 0 Å². The van der Waals surface area contributed by atoms with E-state index in [0.717, 1.165) is 0 Å². The van der Waals surface area contributed by atoms with Crippen LogP contribution in [0.3, 0.4) is 0 Å². The molecule has 0 bridgehead atoms. The zero-order valence-electron chi connectivity index (χ0n) is 14.4. The second kappa shape index (κ2) is 7.45. The molecule has 134 valence electrons. The highest BCUT2D eigenvalue weighted by atomic mass is 35.5. The minimum Gasteiger partial charge on any atom is -0.494 e. The van der Waals surface area contributed by atoms with Crippen molar-refractivity contribution in [2.24, 2.45) is 7.05 Å². The summed E-state index contributed by atoms with van der Waals surface area (Å²) in [6.45, 7) is 2.46. The molecule has 26 heavy (non-hydrogen) atoms. The van der Waals surface area contributed by atoms with Crippen LogP contribution in [-0.2, 0) is 7.05 Å². The maximum Gasteiger partial charge on any atom is 0.275 e. The maximum atomic E-state index is 12.2. The van der Waals surface area contributed by atoms with Gasteiger partial charge < -0.3 is 15.8 Å². The number of nitrogen functional groups attached to an aromatic ring is 1. The molecule has 0 fully saturated rings. The standard InChI is InChI=1S/C18H18ClN5O2/c1-3-26-11-4-6-14(19)13(10-11)12-5-7-16(22-17(12)20)23-18(25)15-8-9-21-24(15)2/h4-10H,3H2,1-2H3,(H3,20,22,23,25). The van der Waals surface area contributed by atoms with Crippen LogP contribution in [-0.4, -0.2) is 27.3 Å². The lowest BCUT2D eigenvalue weighted by Crippen LogP contribution is -2.17. The Morgan fingerprint density at radius 1 is 1.27 bits per heavy atom. The fraction of sp³-hybridized carbons (Fsp3) is 0.167. The maximum absolute atomic E-state index is 12.2. The summed E-state index contributed by atoms with van der Waals surface area (Å²) in [6.07, 6.45) is 1.55. The molecular formula is C18H18ClN5O2. The molecule has 3 N–H and O–H groups in total. The van der Waals surface area contributed by atoms with Gasteiger partial charge in [-0.25, -0.2) is 4.98 Å². The van der Waals surface area contributed by atoms with Gasteiger partial charge in [-0.2, -0.15) is 5.10 Å². The van der Waals surface area contributed by atoms with E-state index in [1.807, 2.05) is 13.0 Å². The molecule has 0 unspecified atom stereocenters. The summed E-state index contributed by atoms with van der Waals surface area (Å²) >= 11 is 6.29. The molecule has 0 saturated heterocycles. The van der Waals surface area contributed by atoms with Crippen molar-refractivity contribution < 1.29 is 9.53 Å². The number of amides is 1. The lowest BCUT2D eigenvalue weighted by atomic mass is 10.1. The number of rotatable bonds is 5. The second-order valence-corrected chi connectivity index (χ2v) is 5.91. The number of ether oxygens (including phenoxy) is 1. The summed E-state index contributed by atoms with van der Waals surface area (Å²) in [5.74, 6) is 0.971. The number of carbonyl (C=O) groups is 1. The number of nitrogens with two attached hydrogens (primary N) is 1. The number of hydrogen-bond donors (Lipinski definition) is 2. The molecule has 3 rings (SSSR count). The zero-order valence-corrected chi connectivity index (χ0v) is 15.1. The minimum atomic E-state index is -0.318. The molecule has 0 aliphatic rings. The number of nitrogens with one attached hydrogen (secondary N) is 1. The highest BCUT2D eigenvalue weighted by Crippen LogP contribution is 2.34. The van der Waals surface area contributed by atoms with Crippen molar-refractivity contribution in [1.29, 1.82) is 0 Å². The molecule has 0 saturated carbocycles. The van der Waals surface area contributed by atoms with Crippen molar-refractivity contribution in [2.75, 3.05) is 17.7 Å². The van der Waals surface area contributed by atoms with Gasteiger partial charge in [-0.1, -0.05) is 11.6 Å². The second-order valence-electron chi connectivity index (χ2n) is 5.50. The molecule has 2 aromatic heterocycles. The van der Waals surface area contributed by atoms with Crippen molar-refractivity contribution >= 4 is 29.1 Å². The third-order valence-electron chi connectivity index (χ3n) is 3.76. The first-order chi connectivity index (χ1) is 12.5. The number of halogens is 1. The van der Waals surface area contributed by atoms with Crippen LogP contribution in [0.25, 0.3) is 11.1 Å². The van der Waals surface area contributed by atoms with Gasteiger partial charge in [0.25, 0.3) is 5.91 Å². The fourth-order valence-corrected chi connectivity index (χ4v) is 2.74. The average molecular weight is 372 g/mol. The Balaban J connectivity index is 1.87. The third-order valence-corrected chi connectivity index (χ3v) is 4.09. The molecule has 0 spiro atoms. The number of benzene rings is 1. The predicted molar refractivity (Wildman–Crippen MR) is 101 cm³/mol. The summed E-state index contributed by atoms with van der Waals surface area (Å²) in [5, 5.41) is 7.21. The van der Waals surface area contributed by atoms with Gasteiger partial charge >= 0.3 is 0 Å². The number of hydrogen-bond acceptors (Lipinski definition) is 5. The van der Waals surface area contributed by atoms with Gasteiger partial charge in [0.1, 0.15) is 23.1 Å². The van der Waals surface area contributed by atoms with Crippen molar-refractivity contribution in [1.82, 2.24) is 14.8 Å². The molecule has 7 nitrogen and oxygen atoms in total. The minimum absolute atomic E-state index is 0.253. The number of aryl methyl sites for hydroxylation is 1. The van der Waals surface area contributed by atoms with E-state index in [-0.39, 0.29) is 11.7 Å². The number of aromatic nitrogens is 3. The van der Waals surface area contributed by atoms with Gasteiger partial charge in [0.2, 0.25) is 0 Å². The first-order valence-electron chi connectivity index (χ1n) is 7.98. The van der Waals surface area contributed by atoms with Crippen molar-refractivity contribution in [3.63, 3.8) is 0 Å². The van der Waals surface area contributed by atoms with E-state index < -0.39 is 0 Å². The molecule has 0 aliphatic carbocycles. The normalized spacial score (nSPS) is 10.6.